The van der Waals surface area contributed by atoms with Crippen molar-refractivity contribution in [3.05, 3.63) is 48.2 Å². The van der Waals surface area contributed by atoms with Crippen LogP contribution in [0.25, 0.3) is 11.3 Å². The molecule has 2 aromatic rings. The monoisotopic (exact) mass is 381 g/mol. The predicted octanol–water partition coefficient (Wildman–Crippen LogP) is 3.35. The lowest BCUT2D eigenvalue weighted by atomic mass is 9.97. The molecular formula is C23H31N3O2. The average Bonchev–Trinajstić information content (AvgIpc) is 3.17. The van der Waals surface area contributed by atoms with Gasteiger partial charge in [-0.15, -0.1) is 0 Å². The van der Waals surface area contributed by atoms with Gasteiger partial charge in [0.25, 0.3) is 0 Å². The molecule has 2 aliphatic rings. The number of likely N-dealkylation sites (tertiary alicyclic amines) is 1. The van der Waals surface area contributed by atoms with E-state index in [1.54, 1.807) is 12.1 Å². The Labute approximate surface area is 168 Å². The van der Waals surface area contributed by atoms with Gasteiger partial charge in [-0.05, 0) is 62.6 Å². The molecule has 0 radical (unpaired) electrons. The van der Waals surface area contributed by atoms with E-state index in [0.717, 1.165) is 57.2 Å². The summed E-state index contributed by atoms with van der Waals surface area (Å²) < 4.78 is 5.52. The number of aromatic hydroxyl groups is 1. The molecule has 4 rings (SSSR count). The molecular weight excluding hydrogens is 350 g/mol. The molecule has 0 aliphatic carbocycles. The molecule has 0 amide bonds. The normalized spacial score (nSPS) is 21.9. The van der Waals surface area contributed by atoms with Gasteiger partial charge in [0.2, 0.25) is 0 Å². The van der Waals surface area contributed by atoms with Crippen LogP contribution in [0.15, 0.2) is 42.6 Å². The van der Waals surface area contributed by atoms with Crippen molar-refractivity contribution in [1.82, 2.24) is 14.8 Å². The zero-order valence-electron chi connectivity index (χ0n) is 17.0. The summed E-state index contributed by atoms with van der Waals surface area (Å²) in [5.74, 6) is 0.821. The molecule has 0 spiro atoms. The molecule has 0 unspecified atom stereocenters. The van der Waals surface area contributed by atoms with Gasteiger partial charge in [-0.3, -0.25) is 9.88 Å². The van der Waals surface area contributed by atoms with Crippen LogP contribution in [0.3, 0.4) is 0 Å². The number of rotatable bonds is 5. The number of hydrogen-bond donors (Lipinski definition) is 1. The largest absolute Gasteiger partial charge is 0.508 e. The van der Waals surface area contributed by atoms with Crippen LogP contribution in [-0.2, 0) is 4.74 Å². The standard InChI is InChI=1S/C23H31N3O2/c1-23(2,26-10-12-28-13-11-26)17-25-9-7-20(16-25)18-6-8-24-22(15-18)19-4-3-5-21(27)14-19/h3-6,8,14-15,20,27H,7,9-13,16-17H2,1-2H3/t20-/m0/s1. The van der Waals surface area contributed by atoms with Crippen LogP contribution < -0.4 is 0 Å². The van der Waals surface area contributed by atoms with E-state index < -0.39 is 0 Å². The van der Waals surface area contributed by atoms with E-state index in [9.17, 15) is 5.11 Å². The number of ether oxygens (including phenoxy) is 1. The van der Waals surface area contributed by atoms with E-state index in [1.165, 1.54) is 12.0 Å². The van der Waals surface area contributed by atoms with Gasteiger partial charge in [-0.25, -0.2) is 0 Å². The molecule has 1 N–H and O–H groups in total. The number of hydrogen-bond acceptors (Lipinski definition) is 5. The Kier molecular flexibility index (Phi) is 5.67. The first-order chi connectivity index (χ1) is 13.5. The van der Waals surface area contributed by atoms with E-state index in [2.05, 4.69) is 40.8 Å². The first-order valence-electron chi connectivity index (χ1n) is 10.3. The van der Waals surface area contributed by atoms with Crippen molar-refractivity contribution in [3.63, 3.8) is 0 Å². The van der Waals surface area contributed by atoms with Crippen LogP contribution in [0.5, 0.6) is 5.75 Å². The molecule has 2 aliphatic heterocycles. The number of benzene rings is 1. The van der Waals surface area contributed by atoms with Crippen LogP contribution >= 0.6 is 0 Å². The fourth-order valence-electron chi connectivity index (χ4n) is 4.59. The summed E-state index contributed by atoms with van der Waals surface area (Å²) >= 11 is 0. The highest BCUT2D eigenvalue weighted by molar-refractivity contribution is 5.61. The van der Waals surface area contributed by atoms with Crippen LogP contribution in [0.2, 0.25) is 0 Å². The summed E-state index contributed by atoms with van der Waals surface area (Å²) in [6.45, 7) is 11.8. The molecule has 150 valence electrons. The number of pyridine rings is 1. The minimum atomic E-state index is 0.170. The van der Waals surface area contributed by atoms with Crippen molar-refractivity contribution in [2.45, 2.75) is 31.7 Å². The maximum atomic E-state index is 9.76. The van der Waals surface area contributed by atoms with Crippen molar-refractivity contribution in [2.75, 3.05) is 45.9 Å². The Morgan fingerprint density at radius 1 is 1.14 bits per heavy atom. The maximum absolute atomic E-state index is 9.76. The number of phenolic OH excluding ortho intramolecular Hbond substituents is 1. The predicted molar refractivity (Wildman–Crippen MR) is 112 cm³/mol. The first-order valence-corrected chi connectivity index (χ1v) is 10.3. The molecule has 1 atom stereocenters. The summed E-state index contributed by atoms with van der Waals surface area (Å²) in [6, 6.07) is 11.7. The van der Waals surface area contributed by atoms with Gasteiger partial charge in [-0.1, -0.05) is 12.1 Å². The molecule has 0 bridgehead atoms. The Hall–Kier alpha value is -1.95. The van der Waals surface area contributed by atoms with Gasteiger partial charge < -0.3 is 14.7 Å². The van der Waals surface area contributed by atoms with E-state index in [4.69, 9.17) is 4.74 Å². The maximum Gasteiger partial charge on any atom is 0.116 e. The van der Waals surface area contributed by atoms with Gasteiger partial charge in [-0.2, -0.15) is 0 Å². The van der Waals surface area contributed by atoms with Crippen molar-refractivity contribution in [1.29, 1.82) is 0 Å². The molecule has 1 aromatic carbocycles. The highest BCUT2D eigenvalue weighted by Crippen LogP contribution is 2.31. The minimum Gasteiger partial charge on any atom is -0.508 e. The summed E-state index contributed by atoms with van der Waals surface area (Å²) in [7, 11) is 0. The number of morpholine rings is 1. The van der Waals surface area contributed by atoms with Gasteiger partial charge in [0.15, 0.2) is 0 Å². The highest BCUT2D eigenvalue weighted by atomic mass is 16.5. The second kappa shape index (κ2) is 8.19. The van der Waals surface area contributed by atoms with Crippen molar-refractivity contribution >= 4 is 0 Å². The Morgan fingerprint density at radius 2 is 1.96 bits per heavy atom. The smallest absolute Gasteiger partial charge is 0.116 e. The van der Waals surface area contributed by atoms with E-state index >= 15 is 0 Å². The lowest BCUT2D eigenvalue weighted by Crippen LogP contribution is -2.55. The second-order valence-corrected chi connectivity index (χ2v) is 8.66. The summed E-state index contributed by atoms with van der Waals surface area (Å²) in [5, 5.41) is 9.76. The fourth-order valence-corrected chi connectivity index (χ4v) is 4.59. The summed E-state index contributed by atoms with van der Waals surface area (Å²) in [6.07, 6.45) is 3.08. The van der Waals surface area contributed by atoms with Gasteiger partial charge in [0.1, 0.15) is 5.75 Å². The number of aromatic nitrogens is 1. The molecule has 3 heterocycles. The second-order valence-electron chi connectivity index (χ2n) is 8.66. The average molecular weight is 382 g/mol. The van der Waals surface area contributed by atoms with Crippen molar-refractivity contribution in [2.24, 2.45) is 0 Å². The molecule has 2 saturated heterocycles. The number of phenols is 1. The third-order valence-corrected chi connectivity index (χ3v) is 6.15. The Bertz CT molecular complexity index is 802. The Morgan fingerprint density at radius 3 is 2.75 bits per heavy atom. The van der Waals surface area contributed by atoms with Crippen LogP contribution in [0.4, 0.5) is 0 Å². The van der Waals surface area contributed by atoms with Crippen LogP contribution in [0, 0.1) is 0 Å². The first kappa shape index (κ1) is 19.4. The highest BCUT2D eigenvalue weighted by Gasteiger charge is 2.33. The fraction of sp³-hybridized carbons (Fsp3) is 0.522. The quantitative estimate of drug-likeness (QED) is 0.861. The zero-order chi connectivity index (χ0) is 19.6. The molecule has 28 heavy (non-hydrogen) atoms. The van der Waals surface area contributed by atoms with E-state index in [-0.39, 0.29) is 11.3 Å². The third kappa shape index (κ3) is 4.37. The number of nitrogens with zero attached hydrogens (tertiary/aromatic N) is 3. The summed E-state index contributed by atoms with van der Waals surface area (Å²) in [5.41, 5.74) is 3.41. The molecule has 0 saturated carbocycles. The molecule has 5 heteroatoms. The van der Waals surface area contributed by atoms with Gasteiger partial charge >= 0.3 is 0 Å². The zero-order valence-corrected chi connectivity index (χ0v) is 17.0. The van der Waals surface area contributed by atoms with Crippen molar-refractivity contribution < 1.29 is 9.84 Å². The molecule has 1 aromatic heterocycles. The van der Waals surface area contributed by atoms with Crippen molar-refractivity contribution in [3.8, 4) is 17.0 Å². The molecule has 2 fully saturated rings. The van der Waals surface area contributed by atoms with Gasteiger partial charge in [0, 0.05) is 43.5 Å². The van der Waals surface area contributed by atoms with Crippen LogP contribution in [-0.4, -0.2) is 71.4 Å². The van der Waals surface area contributed by atoms with E-state index in [0.29, 0.717) is 5.92 Å². The Balaban J connectivity index is 1.42. The topological polar surface area (TPSA) is 48.8 Å². The lowest BCUT2D eigenvalue weighted by molar-refractivity contribution is -0.0197. The third-order valence-electron chi connectivity index (χ3n) is 6.15. The lowest BCUT2D eigenvalue weighted by Gasteiger charge is -2.43. The van der Waals surface area contributed by atoms with Crippen LogP contribution in [0.1, 0.15) is 31.7 Å². The minimum absolute atomic E-state index is 0.170. The SMILES string of the molecule is CC(C)(CN1CC[C@H](c2ccnc(-c3cccc(O)c3)c2)C1)N1CCOCC1. The van der Waals surface area contributed by atoms with Gasteiger partial charge in [0.05, 0.1) is 18.9 Å². The molecule has 5 nitrogen and oxygen atoms in total. The summed E-state index contributed by atoms with van der Waals surface area (Å²) in [4.78, 5) is 9.69. The van der Waals surface area contributed by atoms with E-state index in [1.807, 2.05) is 18.3 Å².